The Balaban J connectivity index is 1.85. The van der Waals surface area contributed by atoms with Crippen LogP contribution in [-0.2, 0) is 0 Å². The van der Waals surface area contributed by atoms with Gasteiger partial charge in [-0.2, -0.15) is 5.26 Å². The SMILES string of the molecule is N#Cc1ccc(-c2ncccc2O[C@@H]2SC[C@@H](O)[C@H](O)[C@H]2O)cc1. The molecule has 0 amide bonds. The van der Waals surface area contributed by atoms with Gasteiger partial charge in [0.05, 0.1) is 17.7 Å². The number of nitrogens with zero attached hydrogens (tertiary/aromatic N) is 2. The molecule has 124 valence electrons. The summed E-state index contributed by atoms with van der Waals surface area (Å²) in [6.45, 7) is 0. The van der Waals surface area contributed by atoms with E-state index in [0.717, 1.165) is 5.56 Å². The molecule has 1 aliphatic rings. The van der Waals surface area contributed by atoms with E-state index in [1.807, 2.05) is 0 Å². The Morgan fingerprint density at radius 3 is 2.58 bits per heavy atom. The van der Waals surface area contributed by atoms with Crippen LogP contribution >= 0.6 is 11.8 Å². The molecule has 2 heterocycles. The lowest BCUT2D eigenvalue weighted by atomic mass is 10.1. The zero-order chi connectivity index (χ0) is 17.1. The molecule has 1 aromatic heterocycles. The fourth-order valence-corrected chi connectivity index (χ4v) is 3.53. The highest BCUT2D eigenvalue weighted by Gasteiger charge is 2.38. The highest BCUT2D eigenvalue weighted by molar-refractivity contribution is 7.99. The van der Waals surface area contributed by atoms with Gasteiger partial charge in [0.25, 0.3) is 0 Å². The molecule has 6 nitrogen and oxygen atoms in total. The Labute approximate surface area is 143 Å². The van der Waals surface area contributed by atoms with E-state index in [0.29, 0.717) is 17.0 Å². The van der Waals surface area contributed by atoms with E-state index < -0.39 is 23.7 Å². The van der Waals surface area contributed by atoms with Gasteiger partial charge in [-0.3, -0.25) is 4.98 Å². The first-order valence-electron chi connectivity index (χ1n) is 7.38. The van der Waals surface area contributed by atoms with Gasteiger partial charge in [-0.25, -0.2) is 0 Å². The van der Waals surface area contributed by atoms with Crippen LogP contribution in [0.1, 0.15) is 5.56 Å². The monoisotopic (exact) mass is 344 g/mol. The summed E-state index contributed by atoms with van der Waals surface area (Å²) >= 11 is 1.23. The van der Waals surface area contributed by atoms with E-state index in [1.54, 1.807) is 42.6 Å². The van der Waals surface area contributed by atoms with Crippen LogP contribution < -0.4 is 4.74 Å². The molecule has 1 saturated heterocycles. The first-order chi connectivity index (χ1) is 11.6. The molecule has 1 aliphatic heterocycles. The summed E-state index contributed by atoms with van der Waals surface area (Å²) in [4.78, 5) is 4.32. The van der Waals surface area contributed by atoms with Gasteiger partial charge in [0.1, 0.15) is 23.7 Å². The second kappa shape index (κ2) is 7.20. The summed E-state index contributed by atoms with van der Waals surface area (Å²) < 4.78 is 5.84. The van der Waals surface area contributed by atoms with Crippen LogP contribution in [0.2, 0.25) is 0 Å². The van der Waals surface area contributed by atoms with Crippen molar-refractivity contribution < 1.29 is 20.1 Å². The lowest BCUT2D eigenvalue weighted by Gasteiger charge is -2.34. The molecule has 3 rings (SSSR count). The van der Waals surface area contributed by atoms with Crippen LogP contribution in [-0.4, -0.2) is 49.8 Å². The number of ether oxygens (including phenoxy) is 1. The number of hydrogen-bond acceptors (Lipinski definition) is 7. The van der Waals surface area contributed by atoms with Crippen LogP contribution in [0.3, 0.4) is 0 Å². The summed E-state index contributed by atoms with van der Waals surface area (Å²) in [6, 6.07) is 12.4. The van der Waals surface area contributed by atoms with Crippen molar-refractivity contribution >= 4 is 11.8 Å². The Hall–Kier alpha value is -2.11. The molecule has 1 fully saturated rings. The molecule has 1 aromatic carbocycles. The molecule has 7 heteroatoms. The van der Waals surface area contributed by atoms with Crippen LogP contribution in [0, 0.1) is 11.3 Å². The molecule has 2 aromatic rings. The number of thioether (sulfide) groups is 1. The molecule has 3 N–H and O–H groups in total. The topological polar surface area (TPSA) is 107 Å². The smallest absolute Gasteiger partial charge is 0.173 e. The average Bonchev–Trinajstić information content (AvgIpc) is 2.63. The maximum atomic E-state index is 10.1. The summed E-state index contributed by atoms with van der Waals surface area (Å²) in [5, 5.41) is 38.4. The summed E-state index contributed by atoms with van der Waals surface area (Å²) in [6.07, 6.45) is -1.79. The highest BCUT2D eigenvalue weighted by Crippen LogP contribution is 2.33. The van der Waals surface area contributed by atoms with Gasteiger partial charge in [-0.1, -0.05) is 12.1 Å². The number of nitriles is 1. The standard InChI is InChI=1S/C17H16N2O4S/c18-8-10-3-5-11(6-4-10)14-13(2-1-7-19-14)23-17-16(22)15(21)12(20)9-24-17/h1-7,12,15-17,20-22H,9H2/t12-,15+,16-,17-/m1/s1. The Bertz CT molecular complexity index is 747. The van der Waals surface area contributed by atoms with Gasteiger partial charge in [-0.15, -0.1) is 11.8 Å². The lowest BCUT2D eigenvalue weighted by molar-refractivity contribution is -0.0785. The van der Waals surface area contributed by atoms with Gasteiger partial charge in [0, 0.05) is 17.5 Å². The molecule has 0 radical (unpaired) electrons. The predicted molar refractivity (Wildman–Crippen MR) is 89.3 cm³/mol. The zero-order valence-corrected chi connectivity index (χ0v) is 13.4. The lowest BCUT2D eigenvalue weighted by Crippen LogP contribution is -2.50. The number of pyridine rings is 1. The van der Waals surface area contributed by atoms with Gasteiger partial charge in [0.15, 0.2) is 5.44 Å². The third-order valence-electron chi connectivity index (χ3n) is 3.76. The van der Waals surface area contributed by atoms with Crippen molar-refractivity contribution in [3.05, 3.63) is 48.2 Å². The fourth-order valence-electron chi connectivity index (χ4n) is 2.41. The van der Waals surface area contributed by atoms with Gasteiger partial charge in [-0.05, 0) is 24.3 Å². The quantitative estimate of drug-likeness (QED) is 0.767. The van der Waals surface area contributed by atoms with E-state index in [-0.39, 0.29) is 5.75 Å². The average molecular weight is 344 g/mol. The first kappa shape index (κ1) is 16.7. The van der Waals surface area contributed by atoms with E-state index in [9.17, 15) is 15.3 Å². The van der Waals surface area contributed by atoms with E-state index in [2.05, 4.69) is 11.1 Å². The molecule has 4 atom stereocenters. The van der Waals surface area contributed by atoms with Crippen molar-refractivity contribution in [2.75, 3.05) is 5.75 Å². The molecular formula is C17H16N2O4S. The molecular weight excluding hydrogens is 328 g/mol. The number of rotatable bonds is 3. The minimum Gasteiger partial charge on any atom is -0.475 e. The minimum absolute atomic E-state index is 0.273. The third kappa shape index (κ3) is 3.37. The second-order valence-electron chi connectivity index (χ2n) is 5.41. The van der Waals surface area contributed by atoms with Crippen molar-refractivity contribution in [1.82, 2.24) is 4.98 Å². The van der Waals surface area contributed by atoms with Crippen LogP contribution in [0.15, 0.2) is 42.6 Å². The Morgan fingerprint density at radius 2 is 1.88 bits per heavy atom. The van der Waals surface area contributed by atoms with Crippen molar-refractivity contribution in [2.24, 2.45) is 0 Å². The van der Waals surface area contributed by atoms with Gasteiger partial charge < -0.3 is 20.1 Å². The predicted octanol–water partition coefficient (Wildman–Crippen LogP) is 1.15. The zero-order valence-electron chi connectivity index (χ0n) is 12.6. The number of aliphatic hydroxyl groups excluding tert-OH is 3. The maximum absolute atomic E-state index is 10.1. The van der Waals surface area contributed by atoms with Crippen molar-refractivity contribution in [3.8, 4) is 23.1 Å². The molecule has 0 bridgehead atoms. The number of benzene rings is 1. The Kier molecular flexibility index (Phi) is 5.02. The number of aliphatic hydroxyl groups is 3. The van der Waals surface area contributed by atoms with E-state index in [1.165, 1.54) is 11.8 Å². The molecule has 0 unspecified atom stereocenters. The number of hydrogen-bond donors (Lipinski definition) is 3. The van der Waals surface area contributed by atoms with Crippen molar-refractivity contribution in [1.29, 1.82) is 5.26 Å². The summed E-state index contributed by atoms with van der Waals surface area (Å²) in [5.41, 5.74) is 1.20. The van der Waals surface area contributed by atoms with E-state index in [4.69, 9.17) is 10.00 Å². The van der Waals surface area contributed by atoms with Crippen LogP contribution in [0.4, 0.5) is 0 Å². The van der Waals surface area contributed by atoms with Crippen molar-refractivity contribution in [3.63, 3.8) is 0 Å². The first-order valence-corrected chi connectivity index (χ1v) is 8.43. The molecule has 0 spiro atoms. The van der Waals surface area contributed by atoms with E-state index >= 15 is 0 Å². The summed E-state index contributed by atoms with van der Waals surface area (Å²) in [5.74, 6) is 0.734. The molecule has 0 aliphatic carbocycles. The normalized spacial score (nSPS) is 26.6. The number of aromatic nitrogens is 1. The minimum atomic E-state index is -1.24. The third-order valence-corrected chi connectivity index (χ3v) is 4.99. The van der Waals surface area contributed by atoms with Crippen LogP contribution in [0.25, 0.3) is 11.3 Å². The Morgan fingerprint density at radius 1 is 1.12 bits per heavy atom. The molecule has 24 heavy (non-hydrogen) atoms. The van der Waals surface area contributed by atoms with Crippen molar-refractivity contribution in [2.45, 2.75) is 23.7 Å². The van der Waals surface area contributed by atoms with Crippen LogP contribution in [0.5, 0.6) is 5.75 Å². The van der Waals surface area contributed by atoms with Gasteiger partial charge in [0.2, 0.25) is 0 Å². The fraction of sp³-hybridized carbons (Fsp3) is 0.294. The summed E-state index contributed by atoms with van der Waals surface area (Å²) in [7, 11) is 0. The largest absolute Gasteiger partial charge is 0.475 e. The molecule has 0 saturated carbocycles. The highest BCUT2D eigenvalue weighted by atomic mass is 32.2. The van der Waals surface area contributed by atoms with Gasteiger partial charge >= 0.3 is 0 Å². The maximum Gasteiger partial charge on any atom is 0.173 e. The second-order valence-corrected chi connectivity index (χ2v) is 6.54.